The molecule has 0 aliphatic heterocycles. The molecule has 0 aliphatic carbocycles. The van der Waals surface area contributed by atoms with Crippen molar-refractivity contribution < 1.29 is 14.5 Å². The number of halogens is 2. The maximum atomic E-state index is 12.4. The molecule has 1 amide bonds. The predicted molar refractivity (Wildman–Crippen MR) is 79.7 cm³/mol. The maximum absolute atomic E-state index is 12.4. The summed E-state index contributed by atoms with van der Waals surface area (Å²) < 4.78 is 4.94. The largest absolute Gasteiger partial charge is 0.383 e. The second-order valence-corrected chi connectivity index (χ2v) is 5.12. The molecule has 0 heterocycles. The van der Waals surface area contributed by atoms with Gasteiger partial charge in [0.25, 0.3) is 11.6 Å². The van der Waals surface area contributed by atoms with Crippen LogP contribution in [0.1, 0.15) is 10.4 Å². The smallest absolute Gasteiger partial charge is 0.282 e. The number of carbonyl (C=O) groups excluding carboxylic acids is 1. The van der Waals surface area contributed by atoms with E-state index >= 15 is 0 Å². The third-order valence-electron chi connectivity index (χ3n) is 2.59. The monoisotopic (exact) mass is 364 g/mol. The van der Waals surface area contributed by atoms with Gasteiger partial charge in [-0.05, 0) is 12.1 Å². The van der Waals surface area contributed by atoms with Crippen LogP contribution in [0.3, 0.4) is 0 Å². The van der Waals surface area contributed by atoms with Crippen molar-refractivity contribution in [2.45, 2.75) is 0 Å². The zero-order valence-corrected chi connectivity index (χ0v) is 13.2. The van der Waals surface area contributed by atoms with Gasteiger partial charge in [-0.2, -0.15) is 0 Å². The fourth-order valence-corrected chi connectivity index (χ4v) is 2.23. The number of nitro groups is 1. The lowest BCUT2D eigenvalue weighted by Gasteiger charge is -2.21. The maximum Gasteiger partial charge on any atom is 0.282 e. The summed E-state index contributed by atoms with van der Waals surface area (Å²) in [6.45, 7) is 1.13. The molecule has 0 aromatic heterocycles. The molecule has 20 heavy (non-hydrogen) atoms. The molecule has 0 fully saturated rings. The van der Waals surface area contributed by atoms with Gasteiger partial charge < -0.3 is 9.64 Å². The molecule has 1 rings (SSSR count). The number of benzene rings is 1. The van der Waals surface area contributed by atoms with Crippen LogP contribution in [0.15, 0.2) is 18.2 Å². The SMILES string of the molecule is COCCN(CCBr)C(=O)c1cc(Cl)ccc1[N+](=O)[O-]. The molecule has 110 valence electrons. The highest BCUT2D eigenvalue weighted by atomic mass is 79.9. The van der Waals surface area contributed by atoms with Crippen LogP contribution in [0, 0.1) is 10.1 Å². The first kappa shape index (κ1) is 16.9. The molecule has 6 nitrogen and oxygen atoms in total. The summed E-state index contributed by atoms with van der Waals surface area (Å²) in [5.74, 6) is -0.435. The number of hydrogen-bond donors (Lipinski definition) is 0. The Morgan fingerprint density at radius 1 is 1.50 bits per heavy atom. The van der Waals surface area contributed by atoms with E-state index in [0.29, 0.717) is 25.0 Å². The normalized spacial score (nSPS) is 10.3. The molecular weight excluding hydrogens is 351 g/mol. The van der Waals surface area contributed by atoms with Crippen molar-refractivity contribution in [1.29, 1.82) is 0 Å². The molecule has 8 heteroatoms. The highest BCUT2D eigenvalue weighted by Gasteiger charge is 2.24. The molecule has 0 saturated heterocycles. The van der Waals surface area contributed by atoms with E-state index in [1.165, 1.54) is 30.2 Å². The second-order valence-electron chi connectivity index (χ2n) is 3.89. The van der Waals surface area contributed by atoms with Crippen molar-refractivity contribution in [3.05, 3.63) is 38.9 Å². The van der Waals surface area contributed by atoms with E-state index in [2.05, 4.69) is 15.9 Å². The number of methoxy groups -OCH3 is 1. The molecular formula is C12H14BrClN2O4. The number of alkyl halides is 1. The quantitative estimate of drug-likeness (QED) is 0.423. The lowest BCUT2D eigenvalue weighted by Crippen LogP contribution is -2.35. The summed E-state index contributed by atoms with van der Waals surface area (Å²) in [6, 6.07) is 3.94. The van der Waals surface area contributed by atoms with E-state index < -0.39 is 10.8 Å². The number of amides is 1. The van der Waals surface area contributed by atoms with E-state index in [-0.39, 0.29) is 16.3 Å². The van der Waals surface area contributed by atoms with E-state index in [1.54, 1.807) is 0 Å². The fourth-order valence-electron chi connectivity index (χ4n) is 1.63. The van der Waals surface area contributed by atoms with Gasteiger partial charge in [0.05, 0.1) is 11.5 Å². The molecule has 1 aromatic rings. The minimum absolute atomic E-state index is 0.0143. The molecule has 0 N–H and O–H groups in total. The Morgan fingerprint density at radius 2 is 2.20 bits per heavy atom. The lowest BCUT2D eigenvalue weighted by molar-refractivity contribution is -0.385. The molecule has 0 unspecified atom stereocenters. The average molecular weight is 366 g/mol. The summed E-state index contributed by atoms with van der Waals surface area (Å²) in [7, 11) is 1.53. The number of carbonyl (C=O) groups is 1. The molecule has 0 aliphatic rings. The zero-order chi connectivity index (χ0) is 15.1. The van der Waals surface area contributed by atoms with E-state index in [0.717, 1.165) is 0 Å². The van der Waals surface area contributed by atoms with Crippen LogP contribution in [0.5, 0.6) is 0 Å². The molecule has 0 saturated carbocycles. The van der Waals surface area contributed by atoms with Gasteiger partial charge >= 0.3 is 0 Å². The Hall–Kier alpha value is -1.18. The van der Waals surface area contributed by atoms with Crippen molar-refractivity contribution in [3.63, 3.8) is 0 Å². The van der Waals surface area contributed by atoms with Crippen LogP contribution >= 0.6 is 27.5 Å². The number of hydrogen-bond acceptors (Lipinski definition) is 4. The Labute approximate surface area is 129 Å². The Morgan fingerprint density at radius 3 is 2.75 bits per heavy atom. The van der Waals surface area contributed by atoms with Gasteiger partial charge in [0.15, 0.2) is 0 Å². The Balaban J connectivity index is 3.09. The Bertz CT molecular complexity index is 498. The van der Waals surface area contributed by atoms with Crippen LogP contribution in [0.25, 0.3) is 0 Å². The standard InChI is InChI=1S/C12H14BrClN2O4/c1-20-7-6-15(5-4-13)12(17)10-8-9(14)2-3-11(10)16(18)19/h2-3,8H,4-7H2,1H3. The highest BCUT2D eigenvalue weighted by Crippen LogP contribution is 2.24. The summed E-state index contributed by atoms with van der Waals surface area (Å²) in [4.78, 5) is 24.3. The van der Waals surface area contributed by atoms with Crippen LogP contribution in [-0.2, 0) is 4.74 Å². The van der Waals surface area contributed by atoms with E-state index in [4.69, 9.17) is 16.3 Å². The summed E-state index contributed by atoms with van der Waals surface area (Å²) in [6.07, 6.45) is 0. The molecule has 1 aromatic carbocycles. The molecule has 0 atom stereocenters. The van der Waals surface area contributed by atoms with E-state index in [9.17, 15) is 14.9 Å². The van der Waals surface area contributed by atoms with Gasteiger partial charge in [-0.15, -0.1) is 0 Å². The topological polar surface area (TPSA) is 72.7 Å². The van der Waals surface area contributed by atoms with Crippen molar-refractivity contribution in [1.82, 2.24) is 4.90 Å². The van der Waals surface area contributed by atoms with Gasteiger partial charge in [-0.25, -0.2) is 0 Å². The van der Waals surface area contributed by atoms with Crippen LogP contribution in [0.4, 0.5) is 5.69 Å². The fraction of sp³-hybridized carbons (Fsp3) is 0.417. The molecule has 0 radical (unpaired) electrons. The Kier molecular flexibility index (Phi) is 6.90. The number of nitro benzene ring substituents is 1. The van der Waals surface area contributed by atoms with Gasteiger partial charge in [-0.3, -0.25) is 14.9 Å². The van der Waals surface area contributed by atoms with Crippen molar-refractivity contribution in [2.24, 2.45) is 0 Å². The second kappa shape index (κ2) is 8.18. The van der Waals surface area contributed by atoms with Gasteiger partial charge in [0.1, 0.15) is 5.56 Å². The molecule has 0 bridgehead atoms. The van der Waals surface area contributed by atoms with Crippen molar-refractivity contribution >= 4 is 39.1 Å². The highest BCUT2D eigenvalue weighted by molar-refractivity contribution is 9.09. The lowest BCUT2D eigenvalue weighted by atomic mass is 10.1. The summed E-state index contributed by atoms with van der Waals surface area (Å²) in [5.41, 5.74) is -0.268. The van der Waals surface area contributed by atoms with Gasteiger partial charge in [0, 0.05) is 36.6 Å². The first-order valence-corrected chi connectivity index (χ1v) is 7.29. The van der Waals surface area contributed by atoms with Gasteiger partial charge in [-0.1, -0.05) is 27.5 Å². The van der Waals surface area contributed by atoms with Crippen molar-refractivity contribution in [3.8, 4) is 0 Å². The minimum Gasteiger partial charge on any atom is -0.383 e. The third kappa shape index (κ3) is 4.43. The average Bonchev–Trinajstić information content (AvgIpc) is 2.42. The zero-order valence-electron chi connectivity index (χ0n) is 10.8. The number of rotatable bonds is 7. The van der Waals surface area contributed by atoms with Gasteiger partial charge in [0.2, 0.25) is 0 Å². The summed E-state index contributed by atoms with van der Waals surface area (Å²) in [5, 5.41) is 11.8. The minimum atomic E-state index is -0.591. The predicted octanol–water partition coefficient (Wildman–Crippen LogP) is 2.73. The van der Waals surface area contributed by atoms with E-state index in [1.807, 2.05) is 0 Å². The first-order chi connectivity index (χ1) is 9.51. The van der Waals surface area contributed by atoms with Crippen LogP contribution in [-0.4, -0.2) is 47.9 Å². The first-order valence-electron chi connectivity index (χ1n) is 5.79. The van der Waals surface area contributed by atoms with Crippen molar-refractivity contribution in [2.75, 3.05) is 32.1 Å². The number of nitrogens with zero attached hydrogens (tertiary/aromatic N) is 2. The summed E-state index contributed by atoms with van der Waals surface area (Å²) >= 11 is 9.07. The third-order valence-corrected chi connectivity index (χ3v) is 3.18. The number of ether oxygens (including phenoxy) is 1. The molecule has 0 spiro atoms. The van der Waals surface area contributed by atoms with Crippen LogP contribution < -0.4 is 0 Å². The van der Waals surface area contributed by atoms with Crippen LogP contribution in [0.2, 0.25) is 5.02 Å².